The Morgan fingerprint density at radius 3 is 2.67 bits per heavy atom. The van der Waals surface area contributed by atoms with E-state index in [-0.39, 0.29) is 31.0 Å². The van der Waals surface area contributed by atoms with Crippen molar-refractivity contribution in [2.24, 2.45) is 5.73 Å². The Bertz CT molecular complexity index is 622. The first-order valence-corrected chi connectivity index (χ1v) is 6.97. The minimum atomic E-state index is -0.236. The first kappa shape index (κ1) is 17.5. The van der Waals surface area contributed by atoms with Gasteiger partial charge in [-0.05, 0) is 31.4 Å². The number of carbonyl (C=O) groups is 1. The molecule has 116 valence electrons. The first-order valence-electron chi connectivity index (χ1n) is 6.97. The number of hydrogen-bond acceptors (Lipinski definition) is 3. The van der Waals surface area contributed by atoms with E-state index in [0.29, 0.717) is 0 Å². The van der Waals surface area contributed by atoms with Crippen LogP contribution in [0.25, 0.3) is 10.9 Å². The third-order valence-corrected chi connectivity index (χ3v) is 3.87. The third kappa shape index (κ3) is 3.57. The van der Waals surface area contributed by atoms with Crippen LogP contribution in [0, 0.1) is 6.92 Å². The average Bonchev–Trinajstić information content (AvgIpc) is 2.72. The van der Waals surface area contributed by atoms with Gasteiger partial charge in [0.1, 0.15) is 6.54 Å². The Morgan fingerprint density at radius 1 is 1.38 bits per heavy atom. The zero-order valence-electron chi connectivity index (χ0n) is 12.8. The second kappa shape index (κ2) is 7.48. The van der Waals surface area contributed by atoms with Crippen molar-refractivity contribution in [1.82, 2.24) is 4.57 Å². The van der Waals surface area contributed by atoms with Crippen molar-refractivity contribution in [1.29, 1.82) is 0 Å². The number of hydrogen-bond donors (Lipinski definition) is 1. The van der Waals surface area contributed by atoms with Crippen LogP contribution in [0.4, 0.5) is 0 Å². The van der Waals surface area contributed by atoms with E-state index in [1.54, 1.807) is 0 Å². The fraction of sp³-hybridized carbons (Fsp3) is 0.438. The molecule has 0 radical (unpaired) electrons. The summed E-state index contributed by atoms with van der Waals surface area (Å²) < 4.78 is 6.80. The Kier molecular flexibility index (Phi) is 6.24. The largest absolute Gasteiger partial charge is 0.468 e. The smallest absolute Gasteiger partial charge is 0.325 e. The van der Waals surface area contributed by atoms with Gasteiger partial charge in [0.2, 0.25) is 0 Å². The quantitative estimate of drug-likeness (QED) is 0.864. The number of aromatic nitrogens is 1. The van der Waals surface area contributed by atoms with E-state index >= 15 is 0 Å². The number of rotatable bonds is 5. The minimum Gasteiger partial charge on any atom is -0.468 e. The van der Waals surface area contributed by atoms with E-state index in [4.69, 9.17) is 10.5 Å². The molecule has 1 atom stereocenters. The lowest BCUT2D eigenvalue weighted by Crippen LogP contribution is -2.22. The SMILES string of the molecule is CCC(N)Cc1c(C)n(CC(=O)OC)c2ccccc12.Cl. The summed E-state index contributed by atoms with van der Waals surface area (Å²) in [5.41, 5.74) is 9.50. The van der Waals surface area contributed by atoms with Gasteiger partial charge in [0.05, 0.1) is 7.11 Å². The number of halogens is 1. The molecule has 5 heteroatoms. The summed E-state index contributed by atoms with van der Waals surface area (Å²) in [5.74, 6) is -0.236. The van der Waals surface area contributed by atoms with Crippen molar-refractivity contribution in [3.8, 4) is 0 Å². The molecule has 2 aromatic rings. The molecule has 1 heterocycles. The Labute approximate surface area is 131 Å². The van der Waals surface area contributed by atoms with Crippen LogP contribution in [-0.2, 0) is 22.5 Å². The second-order valence-electron chi connectivity index (χ2n) is 5.12. The molecule has 0 aliphatic carbocycles. The van der Waals surface area contributed by atoms with Crippen molar-refractivity contribution < 1.29 is 9.53 Å². The zero-order valence-corrected chi connectivity index (χ0v) is 13.6. The second-order valence-corrected chi connectivity index (χ2v) is 5.12. The highest BCUT2D eigenvalue weighted by atomic mass is 35.5. The van der Waals surface area contributed by atoms with E-state index in [2.05, 4.69) is 13.0 Å². The summed E-state index contributed by atoms with van der Waals surface area (Å²) in [6.45, 7) is 4.37. The minimum absolute atomic E-state index is 0. The lowest BCUT2D eigenvalue weighted by Gasteiger charge is -2.10. The number of nitrogens with two attached hydrogens (primary N) is 1. The molecule has 0 spiro atoms. The van der Waals surface area contributed by atoms with Gasteiger partial charge >= 0.3 is 5.97 Å². The molecule has 0 bridgehead atoms. The van der Waals surface area contributed by atoms with Gasteiger partial charge in [-0.15, -0.1) is 12.4 Å². The molecule has 0 aliphatic rings. The van der Waals surface area contributed by atoms with E-state index in [1.165, 1.54) is 18.1 Å². The molecular weight excluding hydrogens is 288 g/mol. The van der Waals surface area contributed by atoms with Crippen molar-refractivity contribution in [3.63, 3.8) is 0 Å². The van der Waals surface area contributed by atoms with Crippen LogP contribution >= 0.6 is 12.4 Å². The van der Waals surface area contributed by atoms with Crippen LogP contribution in [0.15, 0.2) is 24.3 Å². The van der Waals surface area contributed by atoms with E-state index < -0.39 is 0 Å². The Morgan fingerprint density at radius 2 is 2.05 bits per heavy atom. The molecular formula is C16H23ClN2O2. The van der Waals surface area contributed by atoms with Crippen LogP contribution in [0.2, 0.25) is 0 Å². The summed E-state index contributed by atoms with van der Waals surface area (Å²) in [4.78, 5) is 11.6. The van der Waals surface area contributed by atoms with Gasteiger partial charge in [-0.1, -0.05) is 25.1 Å². The molecule has 4 nitrogen and oxygen atoms in total. The van der Waals surface area contributed by atoms with Gasteiger partial charge in [-0.3, -0.25) is 4.79 Å². The number of methoxy groups -OCH3 is 1. The zero-order chi connectivity index (χ0) is 14.7. The number of benzene rings is 1. The van der Waals surface area contributed by atoms with Crippen molar-refractivity contribution >= 4 is 29.3 Å². The predicted molar refractivity (Wildman–Crippen MR) is 87.9 cm³/mol. The van der Waals surface area contributed by atoms with Crippen LogP contribution in [0.5, 0.6) is 0 Å². The maximum absolute atomic E-state index is 11.6. The van der Waals surface area contributed by atoms with Crippen molar-refractivity contribution in [2.75, 3.05) is 7.11 Å². The molecule has 1 aromatic heterocycles. The molecule has 2 N–H and O–H groups in total. The van der Waals surface area contributed by atoms with Crippen LogP contribution in [-0.4, -0.2) is 23.7 Å². The first-order chi connectivity index (χ1) is 9.58. The Balaban J connectivity index is 0.00000220. The maximum atomic E-state index is 11.6. The van der Waals surface area contributed by atoms with Crippen molar-refractivity contribution in [2.45, 2.75) is 39.3 Å². The van der Waals surface area contributed by atoms with E-state index in [9.17, 15) is 4.79 Å². The monoisotopic (exact) mass is 310 g/mol. The lowest BCUT2D eigenvalue weighted by atomic mass is 10.0. The fourth-order valence-corrected chi connectivity index (χ4v) is 2.56. The van der Waals surface area contributed by atoms with E-state index in [1.807, 2.05) is 29.7 Å². The summed E-state index contributed by atoms with van der Waals surface area (Å²) in [6.07, 6.45) is 1.77. The number of esters is 1. The van der Waals surface area contributed by atoms with Gasteiger partial charge in [-0.2, -0.15) is 0 Å². The van der Waals surface area contributed by atoms with Gasteiger partial charge in [0, 0.05) is 22.6 Å². The molecule has 0 fully saturated rings. The highest BCUT2D eigenvalue weighted by Crippen LogP contribution is 2.27. The standard InChI is InChI=1S/C16H22N2O2.ClH/c1-4-12(17)9-14-11(2)18(10-16(19)20-3)15-8-6-5-7-13(14)15;/h5-8,12H,4,9-10,17H2,1-3H3;1H. The molecule has 2 rings (SSSR count). The van der Waals surface area contributed by atoms with Crippen LogP contribution in [0.1, 0.15) is 24.6 Å². The van der Waals surface area contributed by atoms with Crippen molar-refractivity contribution in [3.05, 3.63) is 35.5 Å². The average molecular weight is 311 g/mol. The van der Waals surface area contributed by atoms with Gasteiger partial charge in [0.15, 0.2) is 0 Å². The van der Waals surface area contributed by atoms with Gasteiger partial charge in [0.25, 0.3) is 0 Å². The summed E-state index contributed by atoms with van der Waals surface area (Å²) in [7, 11) is 1.41. The summed E-state index contributed by atoms with van der Waals surface area (Å²) in [6, 6.07) is 8.27. The maximum Gasteiger partial charge on any atom is 0.325 e. The van der Waals surface area contributed by atoms with Crippen LogP contribution in [0.3, 0.4) is 0 Å². The molecule has 1 unspecified atom stereocenters. The highest BCUT2D eigenvalue weighted by Gasteiger charge is 2.17. The normalized spacial score (nSPS) is 12.0. The highest BCUT2D eigenvalue weighted by molar-refractivity contribution is 5.87. The molecule has 0 saturated carbocycles. The molecule has 0 amide bonds. The van der Waals surface area contributed by atoms with E-state index in [0.717, 1.165) is 24.1 Å². The summed E-state index contributed by atoms with van der Waals surface area (Å²) in [5, 5.41) is 1.18. The number of fused-ring (bicyclic) bond motifs is 1. The van der Waals surface area contributed by atoms with Gasteiger partial charge < -0.3 is 15.0 Å². The topological polar surface area (TPSA) is 57.2 Å². The lowest BCUT2D eigenvalue weighted by molar-refractivity contribution is -0.141. The number of carbonyl (C=O) groups excluding carboxylic acids is 1. The number of nitrogens with zero attached hydrogens (tertiary/aromatic N) is 1. The Hall–Kier alpha value is -1.52. The number of ether oxygens (including phenoxy) is 1. The molecule has 0 aliphatic heterocycles. The molecule has 1 aromatic carbocycles. The third-order valence-electron chi connectivity index (χ3n) is 3.87. The van der Waals surface area contributed by atoms with Gasteiger partial charge in [-0.25, -0.2) is 0 Å². The predicted octanol–water partition coefficient (Wildman–Crippen LogP) is 2.82. The molecule has 21 heavy (non-hydrogen) atoms. The molecule has 0 saturated heterocycles. The number of para-hydroxylation sites is 1. The van der Waals surface area contributed by atoms with Crippen LogP contribution < -0.4 is 5.73 Å². The summed E-state index contributed by atoms with van der Waals surface area (Å²) >= 11 is 0. The fourth-order valence-electron chi connectivity index (χ4n) is 2.56.